The molecule has 0 aliphatic carbocycles. The first-order valence-electron chi connectivity index (χ1n) is 9.18. The second-order valence-corrected chi connectivity index (χ2v) is 6.53. The van der Waals surface area contributed by atoms with Gasteiger partial charge in [-0.05, 0) is 42.2 Å². The third-order valence-electron chi connectivity index (χ3n) is 4.41. The third-order valence-corrected chi connectivity index (χ3v) is 4.41. The van der Waals surface area contributed by atoms with Crippen LogP contribution in [0.4, 0.5) is 4.39 Å². The lowest BCUT2D eigenvalue weighted by Crippen LogP contribution is -2.27. The maximum atomic E-state index is 13.1. The van der Waals surface area contributed by atoms with E-state index in [1.807, 2.05) is 0 Å². The number of esters is 1. The summed E-state index contributed by atoms with van der Waals surface area (Å²) >= 11 is 0. The van der Waals surface area contributed by atoms with Gasteiger partial charge in [-0.1, -0.05) is 12.1 Å². The molecule has 8 nitrogen and oxygen atoms in total. The average Bonchev–Trinajstić information content (AvgIpc) is 2.75. The Morgan fingerprint density at radius 2 is 1.90 bits per heavy atom. The molecule has 0 radical (unpaired) electrons. The number of amides is 1. The first-order chi connectivity index (χ1) is 14.4. The fraction of sp³-hybridized carbons (Fsp3) is 0.238. The van der Waals surface area contributed by atoms with Crippen LogP contribution < -0.4 is 5.32 Å². The maximum Gasteiger partial charge on any atom is 0.360 e. The molecule has 3 aromatic rings. The number of hydrogen-bond acceptors (Lipinski definition) is 7. The number of aliphatic hydroxyl groups excluding tert-OH is 1. The number of nitrogens with zero attached hydrogens (tertiary/aromatic N) is 2. The smallest absolute Gasteiger partial charge is 0.360 e. The van der Waals surface area contributed by atoms with Crippen molar-refractivity contribution in [3.8, 4) is 5.75 Å². The Bertz CT molecular complexity index is 1090. The molecule has 0 saturated heterocycles. The van der Waals surface area contributed by atoms with E-state index in [0.29, 0.717) is 18.4 Å². The molecular formula is C21H20FN3O5. The molecule has 0 aliphatic heterocycles. The molecule has 0 bridgehead atoms. The Balaban J connectivity index is 2.08. The maximum absolute atomic E-state index is 13.1. The molecule has 2 heterocycles. The standard InChI is InChI=1S/C21H20FN3O5/c1-30-21(29)18-19(27)16-15(17(25-18)20(28)23-7-2-8-26)10-13(11-24-16)9-12-3-5-14(22)6-4-12/h3-6,10-11,26-27H,2,7-9H2,1H3,(H,23,28). The van der Waals surface area contributed by atoms with E-state index in [-0.39, 0.29) is 35.6 Å². The topological polar surface area (TPSA) is 122 Å². The summed E-state index contributed by atoms with van der Waals surface area (Å²) in [4.78, 5) is 32.9. The molecule has 0 saturated carbocycles. The Kier molecular flexibility index (Phi) is 6.53. The van der Waals surface area contributed by atoms with Gasteiger partial charge < -0.3 is 20.3 Å². The molecule has 1 amide bonds. The van der Waals surface area contributed by atoms with Crippen LogP contribution in [0.25, 0.3) is 10.9 Å². The zero-order valence-electron chi connectivity index (χ0n) is 16.2. The van der Waals surface area contributed by atoms with Gasteiger partial charge in [0.2, 0.25) is 0 Å². The van der Waals surface area contributed by atoms with Crippen molar-refractivity contribution in [2.75, 3.05) is 20.3 Å². The monoisotopic (exact) mass is 413 g/mol. The van der Waals surface area contributed by atoms with E-state index in [2.05, 4.69) is 20.0 Å². The number of benzene rings is 1. The molecule has 156 valence electrons. The first-order valence-corrected chi connectivity index (χ1v) is 9.18. The molecule has 0 unspecified atom stereocenters. The zero-order valence-corrected chi connectivity index (χ0v) is 16.2. The highest BCUT2D eigenvalue weighted by molar-refractivity contribution is 6.08. The first kappa shape index (κ1) is 21.1. The van der Waals surface area contributed by atoms with E-state index in [0.717, 1.165) is 12.7 Å². The van der Waals surface area contributed by atoms with Crippen LogP contribution in [-0.4, -0.2) is 52.3 Å². The molecule has 3 N–H and O–H groups in total. The van der Waals surface area contributed by atoms with E-state index in [4.69, 9.17) is 5.11 Å². The van der Waals surface area contributed by atoms with Crippen LogP contribution in [0.2, 0.25) is 0 Å². The summed E-state index contributed by atoms with van der Waals surface area (Å²) in [5, 5.41) is 22.2. The molecule has 30 heavy (non-hydrogen) atoms. The van der Waals surface area contributed by atoms with Crippen LogP contribution in [-0.2, 0) is 11.2 Å². The molecule has 0 aliphatic rings. The summed E-state index contributed by atoms with van der Waals surface area (Å²) in [6.07, 6.45) is 2.26. The molecule has 0 atom stereocenters. The number of nitrogens with one attached hydrogen (secondary N) is 1. The molecular weight excluding hydrogens is 393 g/mol. The number of methoxy groups -OCH3 is 1. The van der Waals surface area contributed by atoms with E-state index in [1.165, 1.54) is 18.3 Å². The number of carbonyl (C=O) groups is 2. The van der Waals surface area contributed by atoms with E-state index in [9.17, 15) is 19.1 Å². The van der Waals surface area contributed by atoms with Gasteiger partial charge in [-0.15, -0.1) is 0 Å². The van der Waals surface area contributed by atoms with Crippen LogP contribution in [0.1, 0.15) is 38.5 Å². The number of carbonyl (C=O) groups excluding carboxylic acids is 2. The Morgan fingerprint density at radius 1 is 1.17 bits per heavy atom. The summed E-state index contributed by atoms with van der Waals surface area (Å²) in [5.41, 5.74) is 1.03. The fourth-order valence-corrected chi connectivity index (χ4v) is 2.93. The Hall–Kier alpha value is -3.59. The number of pyridine rings is 2. The Labute approximate surface area is 171 Å². The summed E-state index contributed by atoms with van der Waals surface area (Å²) in [5.74, 6) is -2.32. The lowest BCUT2D eigenvalue weighted by atomic mass is 10.0. The van der Waals surface area contributed by atoms with Crippen LogP contribution in [0, 0.1) is 5.82 Å². The van der Waals surface area contributed by atoms with Gasteiger partial charge in [0.25, 0.3) is 5.91 Å². The van der Waals surface area contributed by atoms with Gasteiger partial charge in [0.05, 0.1) is 7.11 Å². The average molecular weight is 413 g/mol. The van der Waals surface area contributed by atoms with Crippen molar-refractivity contribution in [3.05, 3.63) is 64.9 Å². The van der Waals surface area contributed by atoms with Gasteiger partial charge in [-0.3, -0.25) is 9.78 Å². The minimum atomic E-state index is -0.906. The van der Waals surface area contributed by atoms with Crippen LogP contribution in [0.15, 0.2) is 36.5 Å². The van der Waals surface area contributed by atoms with E-state index in [1.54, 1.807) is 18.2 Å². The quantitative estimate of drug-likeness (QED) is 0.400. The van der Waals surface area contributed by atoms with Gasteiger partial charge in [0.15, 0.2) is 11.4 Å². The van der Waals surface area contributed by atoms with Crippen molar-refractivity contribution < 1.29 is 28.9 Å². The van der Waals surface area contributed by atoms with E-state index < -0.39 is 23.3 Å². The van der Waals surface area contributed by atoms with Gasteiger partial charge in [0, 0.05) is 24.7 Å². The largest absolute Gasteiger partial charge is 0.504 e. The number of fused-ring (bicyclic) bond motifs is 1. The number of aromatic nitrogens is 2. The van der Waals surface area contributed by atoms with Crippen LogP contribution >= 0.6 is 0 Å². The lowest BCUT2D eigenvalue weighted by Gasteiger charge is -2.12. The van der Waals surface area contributed by atoms with Crippen molar-refractivity contribution in [2.45, 2.75) is 12.8 Å². The number of hydrogen-bond donors (Lipinski definition) is 3. The normalized spacial score (nSPS) is 10.8. The number of rotatable bonds is 7. The molecule has 0 spiro atoms. The number of aromatic hydroxyl groups is 1. The SMILES string of the molecule is COC(=O)c1nc(C(=O)NCCCO)c2cc(Cc3ccc(F)cc3)cnc2c1O. The lowest BCUT2D eigenvalue weighted by molar-refractivity contribution is 0.0590. The summed E-state index contributed by atoms with van der Waals surface area (Å²) in [7, 11) is 1.13. The number of halogens is 1. The predicted octanol–water partition coefficient (Wildman–Crippen LogP) is 1.96. The fourth-order valence-electron chi connectivity index (χ4n) is 2.93. The molecule has 0 fully saturated rings. The van der Waals surface area contributed by atoms with Gasteiger partial charge in [-0.2, -0.15) is 0 Å². The molecule has 3 rings (SSSR count). The molecule has 2 aromatic heterocycles. The minimum Gasteiger partial charge on any atom is -0.504 e. The Morgan fingerprint density at radius 3 is 2.57 bits per heavy atom. The number of ether oxygens (including phenoxy) is 1. The summed E-state index contributed by atoms with van der Waals surface area (Å²) in [6, 6.07) is 7.61. The van der Waals surface area contributed by atoms with Gasteiger partial charge in [-0.25, -0.2) is 14.2 Å². The highest BCUT2D eigenvalue weighted by Gasteiger charge is 2.24. The van der Waals surface area contributed by atoms with Crippen LogP contribution in [0.3, 0.4) is 0 Å². The van der Waals surface area contributed by atoms with Gasteiger partial charge >= 0.3 is 5.97 Å². The van der Waals surface area contributed by atoms with Crippen molar-refractivity contribution in [1.82, 2.24) is 15.3 Å². The molecule has 9 heteroatoms. The van der Waals surface area contributed by atoms with E-state index >= 15 is 0 Å². The van der Waals surface area contributed by atoms with Crippen molar-refractivity contribution in [2.24, 2.45) is 0 Å². The summed E-state index contributed by atoms with van der Waals surface area (Å²) in [6.45, 7) is 0.108. The summed E-state index contributed by atoms with van der Waals surface area (Å²) < 4.78 is 17.8. The zero-order chi connectivity index (χ0) is 21.7. The van der Waals surface area contributed by atoms with Crippen LogP contribution in [0.5, 0.6) is 5.75 Å². The predicted molar refractivity (Wildman–Crippen MR) is 106 cm³/mol. The van der Waals surface area contributed by atoms with Crippen molar-refractivity contribution in [3.63, 3.8) is 0 Å². The van der Waals surface area contributed by atoms with Gasteiger partial charge in [0.1, 0.15) is 17.0 Å². The van der Waals surface area contributed by atoms with Crippen molar-refractivity contribution in [1.29, 1.82) is 0 Å². The third kappa shape index (κ3) is 4.52. The molecule has 1 aromatic carbocycles. The number of aliphatic hydroxyl groups is 1. The highest BCUT2D eigenvalue weighted by atomic mass is 19.1. The minimum absolute atomic E-state index is 0.0283. The highest BCUT2D eigenvalue weighted by Crippen LogP contribution is 2.29. The second kappa shape index (κ2) is 9.27. The van der Waals surface area contributed by atoms with Crippen molar-refractivity contribution >= 4 is 22.8 Å². The second-order valence-electron chi connectivity index (χ2n) is 6.53.